The van der Waals surface area contributed by atoms with Crippen molar-refractivity contribution < 1.29 is 4.79 Å². The average Bonchev–Trinajstić information content (AvgIpc) is 3.15. The van der Waals surface area contributed by atoms with Crippen LogP contribution in [0.25, 0.3) is 11.0 Å². The maximum atomic E-state index is 12.3. The summed E-state index contributed by atoms with van der Waals surface area (Å²) in [5, 5.41) is 8.01. The number of benzene rings is 1. The highest BCUT2D eigenvalue weighted by molar-refractivity contribution is 5.88. The van der Waals surface area contributed by atoms with E-state index in [0.29, 0.717) is 6.42 Å². The number of hydrogen-bond donors (Lipinski definition) is 0. The summed E-state index contributed by atoms with van der Waals surface area (Å²) in [6, 6.07) is 7.57. The molecule has 0 saturated heterocycles. The Labute approximate surface area is 170 Å². The van der Waals surface area contributed by atoms with E-state index in [1.165, 1.54) is 75.3 Å². The van der Waals surface area contributed by atoms with Gasteiger partial charge in [-0.25, -0.2) is 0 Å². The van der Waals surface area contributed by atoms with Crippen LogP contribution in [0.1, 0.15) is 102 Å². The molecule has 0 N–H and O–H groups in total. The van der Waals surface area contributed by atoms with Crippen molar-refractivity contribution in [3.63, 3.8) is 0 Å². The second kappa shape index (κ2) is 14.1. The maximum Gasteiger partial charge on any atom is 0.249 e. The van der Waals surface area contributed by atoms with Crippen molar-refractivity contribution in [3.05, 3.63) is 36.4 Å². The summed E-state index contributed by atoms with van der Waals surface area (Å²) in [6.45, 7) is 2.27. The molecule has 0 aliphatic carbocycles. The number of allylic oxidation sites excluding steroid dienone is 2. The molecule has 1 aromatic heterocycles. The van der Waals surface area contributed by atoms with E-state index in [-0.39, 0.29) is 5.91 Å². The molecule has 0 radical (unpaired) electrons. The molecule has 0 fully saturated rings. The smallest absolute Gasteiger partial charge is 0.249 e. The third kappa shape index (κ3) is 8.37. The Balaban J connectivity index is 1.45. The van der Waals surface area contributed by atoms with Gasteiger partial charge in [0.2, 0.25) is 5.91 Å². The van der Waals surface area contributed by atoms with Crippen LogP contribution >= 0.6 is 0 Å². The quantitative estimate of drug-likeness (QED) is 0.243. The first-order valence-electron chi connectivity index (χ1n) is 11.3. The van der Waals surface area contributed by atoms with E-state index < -0.39 is 0 Å². The van der Waals surface area contributed by atoms with Crippen molar-refractivity contribution in [1.29, 1.82) is 0 Å². The first kappa shape index (κ1) is 22.3. The van der Waals surface area contributed by atoms with Gasteiger partial charge < -0.3 is 0 Å². The number of aromatic nitrogens is 3. The summed E-state index contributed by atoms with van der Waals surface area (Å²) < 4.78 is 1.42. The lowest BCUT2D eigenvalue weighted by atomic mass is 10.1. The van der Waals surface area contributed by atoms with E-state index >= 15 is 0 Å². The molecule has 1 heterocycles. The number of nitrogens with zero attached hydrogens (tertiary/aromatic N) is 3. The molecule has 0 amide bonds. The van der Waals surface area contributed by atoms with E-state index in [1.54, 1.807) is 0 Å². The monoisotopic (exact) mass is 383 g/mol. The highest BCUT2D eigenvalue weighted by Gasteiger charge is 2.10. The molecule has 0 aliphatic heterocycles. The van der Waals surface area contributed by atoms with Crippen LogP contribution in [-0.2, 0) is 0 Å². The first-order chi connectivity index (χ1) is 13.8. The molecular weight excluding hydrogens is 346 g/mol. The number of carbonyl (C=O) groups excluding carboxylic acids is 1. The van der Waals surface area contributed by atoms with Crippen molar-refractivity contribution in [2.24, 2.45) is 0 Å². The largest absolute Gasteiger partial charge is 0.272 e. The normalized spacial score (nSPS) is 11.6. The van der Waals surface area contributed by atoms with E-state index in [4.69, 9.17) is 0 Å². The zero-order chi connectivity index (χ0) is 19.9. The molecule has 2 rings (SSSR count). The molecule has 4 heteroatoms. The van der Waals surface area contributed by atoms with Crippen molar-refractivity contribution in [2.75, 3.05) is 0 Å². The van der Waals surface area contributed by atoms with Gasteiger partial charge in [-0.2, -0.15) is 4.68 Å². The number of unbranched alkanes of at least 4 members (excludes halogenated alkanes) is 11. The molecule has 0 unspecified atom stereocenters. The van der Waals surface area contributed by atoms with E-state index in [2.05, 4.69) is 29.4 Å². The third-order valence-electron chi connectivity index (χ3n) is 5.25. The van der Waals surface area contributed by atoms with Gasteiger partial charge in [0, 0.05) is 6.42 Å². The van der Waals surface area contributed by atoms with Gasteiger partial charge in [-0.1, -0.05) is 101 Å². The molecule has 4 nitrogen and oxygen atoms in total. The van der Waals surface area contributed by atoms with E-state index in [9.17, 15) is 4.79 Å². The van der Waals surface area contributed by atoms with Crippen molar-refractivity contribution >= 4 is 16.9 Å². The molecule has 0 saturated carbocycles. The molecular formula is C24H37N3O. The summed E-state index contributed by atoms with van der Waals surface area (Å²) in [7, 11) is 0. The minimum absolute atomic E-state index is 0.00745. The third-order valence-corrected chi connectivity index (χ3v) is 5.25. The van der Waals surface area contributed by atoms with Gasteiger partial charge in [-0.05, 0) is 31.4 Å². The molecule has 28 heavy (non-hydrogen) atoms. The highest BCUT2D eigenvalue weighted by Crippen LogP contribution is 2.13. The Kier molecular flexibility index (Phi) is 11.2. The maximum absolute atomic E-state index is 12.3. The first-order valence-corrected chi connectivity index (χ1v) is 11.3. The Morgan fingerprint density at radius 3 is 2.18 bits per heavy atom. The number of hydrogen-bond acceptors (Lipinski definition) is 3. The molecule has 0 bridgehead atoms. The molecule has 0 atom stereocenters. The lowest BCUT2D eigenvalue weighted by molar-refractivity contribution is 0.0891. The predicted octanol–water partition coefficient (Wildman–Crippen LogP) is 7.11. The predicted molar refractivity (Wildman–Crippen MR) is 118 cm³/mol. The van der Waals surface area contributed by atoms with Crippen LogP contribution in [0.15, 0.2) is 36.4 Å². The van der Waals surface area contributed by atoms with E-state index in [1.807, 2.05) is 24.3 Å². The Hall–Kier alpha value is -1.97. The minimum Gasteiger partial charge on any atom is -0.272 e. The number of rotatable bonds is 15. The fraction of sp³-hybridized carbons (Fsp3) is 0.625. The Morgan fingerprint density at radius 2 is 1.46 bits per heavy atom. The SMILES string of the molecule is CCCCCCCCCCCCC/C=C/CCC(=O)n1nnc2ccccc21. The molecule has 154 valence electrons. The van der Waals surface area contributed by atoms with Gasteiger partial charge in [-0.15, -0.1) is 5.10 Å². The second-order valence-corrected chi connectivity index (χ2v) is 7.72. The summed E-state index contributed by atoms with van der Waals surface area (Å²) in [4.78, 5) is 12.3. The highest BCUT2D eigenvalue weighted by atomic mass is 16.2. The second-order valence-electron chi connectivity index (χ2n) is 7.72. The van der Waals surface area contributed by atoms with Crippen LogP contribution < -0.4 is 0 Å². The summed E-state index contributed by atoms with van der Waals surface area (Å²) in [5.74, 6) is 0.00745. The van der Waals surface area contributed by atoms with Gasteiger partial charge in [0.1, 0.15) is 5.52 Å². The number of para-hydroxylation sites is 1. The summed E-state index contributed by atoms with van der Waals surface area (Å²) in [5.41, 5.74) is 1.56. The summed E-state index contributed by atoms with van der Waals surface area (Å²) >= 11 is 0. The fourth-order valence-electron chi connectivity index (χ4n) is 3.53. The number of fused-ring (bicyclic) bond motifs is 1. The number of carbonyl (C=O) groups is 1. The molecule has 1 aromatic carbocycles. The standard InChI is InChI=1S/C24H37N3O/c1-2-3-4-5-6-7-8-9-10-11-12-13-14-15-16-21-24(28)27-23-20-18-17-19-22(23)25-26-27/h14-15,17-20H,2-13,16,21H2,1H3/b15-14+. The topological polar surface area (TPSA) is 47.8 Å². The average molecular weight is 384 g/mol. The fourth-order valence-corrected chi connectivity index (χ4v) is 3.53. The summed E-state index contributed by atoms with van der Waals surface area (Å²) in [6.07, 6.45) is 21.9. The van der Waals surface area contributed by atoms with Crippen LogP contribution in [0.3, 0.4) is 0 Å². The van der Waals surface area contributed by atoms with E-state index in [0.717, 1.165) is 23.9 Å². The van der Waals surface area contributed by atoms with Crippen LogP contribution in [0.2, 0.25) is 0 Å². The zero-order valence-electron chi connectivity index (χ0n) is 17.6. The van der Waals surface area contributed by atoms with Crippen LogP contribution in [0.5, 0.6) is 0 Å². The van der Waals surface area contributed by atoms with Gasteiger partial charge in [0.25, 0.3) is 0 Å². The van der Waals surface area contributed by atoms with Crippen molar-refractivity contribution in [1.82, 2.24) is 15.0 Å². The molecule has 2 aromatic rings. The Morgan fingerprint density at radius 1 is 0.857 bits per heavy atom. The lowest BCUT2D eigenvalue weighted by Crippen LogP contribution is -2.11. The van der Waals surface area contributed by atoms with Crippen LogP contribution in [0.4, 0.5) is 0 Å². The van der Waals surface area contributed by atoms with Crippen molar-refractivity contribution in [3.8, 4) is 0 Å². The van der Waals surface area contributed by atoms with Gasteiger partial charge in [-0.3, -0.25) is 4.79 Å². The van der Waals surface area contributed by atoms with Crippen LogP contribution in [-0.4, -0.2) is 20.9 Å². The van der Waals surface area contributed by atoms with Crippen LogP contribution in [0, 0.1) is 0 Å². The van der Waals surface area contributed by atoms with Crippen molar-refractivity contribution in [2.45, 2.75) is 96.8 Å². The zero-order valence-corrected chi connectivity index (χ0v) is 17.6. The van der Waals surface area contributed by atoms with Gasteiger partial charge >= 0.3 is 0 Å². The Bertz CT molecular complexity index is 705. The molecule has 0 aliphatic rings. The van der Waals surface area contributed by atoms with Gasteiger partial charge in [0.15, 0.2) is 0 Å². The minimum atomic E-state index is 0.00745. The lowest BCUT2D eigenvalue weighted by Gasteiger charge is -2.01. The molecule has 0 spiro atoms. The van der Waals surface area contributed by atoms with Gasteiger partial charge in [0.05, 0.1) is 5.52 Å².